The van der Waals surface area contributed by atoms with Crippen molar-refractivity contribution in [1.29, 1.82) is 0 Å². The third-order valence-electron chi connectivity index (χ3n) is 9.27. The minimum atomic E-state index is -0.642. The molecule has 34 heavy (non-hydrogen) atoms. The van der Waals surface area contributed by atoms with Crippen molar-refractivity contribution < 1.29 is 24.0 Å². The minimum absolute atomic E-state index is 0.0660. The zero-order valence-corrected chi connectivity index (χ0v) is 20.4. The van der Waals surface area contributed by atoms with Gasteiger partial charge >= 0.3 is 0 Å². The molecule has 0 radical (unpaired) electrons. The fourth-order valence-corrected chi connectivity index (χ4v) is 8.82. The predicted molar refractivity (Wildman–Crippen MR) is 125 cm³/mol. The van der Waals surface area contributed by atoms with Crippen LogP contribution in [0.25, 0.3) is 0 Å². The molecule has 8 nitrogen and oxygen atoms in total. The molecule has 0 spiro atoms. The van der Waals surface area contributed by atoms with E-state index < -0.39 is 11.0 Å². The first-order valence-electron chi connectivity index (χ1n) is 13.0. The second-order valence-electron chi connectivity index (χ2n) is 11.7. The number of aliphatic hydroxyl groups is 1. The number of carbonyl (C=O) groups excluding carboxylic acids is 2. The average molecular weight is 490 g/mol. The van der Waals surface area contributed by atoms with Gasteiger partial charge in [0.25, 0.3) is 11.8 Å². The Morgan fingerprint density at radius 3 is 2.44 bits per heavy atom. The molecule has 6 aliphatic rings. The average Bonchev–Trinajstić information content (AvgIpc) is 3.39. The number of aromatic nitrogens is 1. The zero-order chi connectivity index (χ0) is 23.5. The van der Waals surface area contributed by atoms with Crippen molar-refractivity contribution in [1.82, 2.24) is 10.5 Å². The molecule has 2 atom stereocenters. The normalized spacial score (nSPS) is 35.8. The standard InChI is InChI=1S/C25H35N3O5S/c26-23(30)24(6-3-7-24)13-32-22-20(34-17-4-1-2-5-17)19(33-28-22)21(29)27-18-15-8-14-9-16(18)12-25(31,10-14)11-15/h14-18,31H,1-13H2,(H2,26,30)(H,27,29)/t14?,15?,16?,18-,25-. The van der Waals surface area contributed by atoms with Gasteiger partial charge in [-0.15, -0.1) is 11.8 Å². The first kappa shape index (κ1) is 22.7. The Labute approximate surface area is 204 Å². The van der Waals surface area contributed by atoms with E-state index in [0.717, 1.165) is 64.2 Å². The number of hydrogen-bond donors (Lipinski definition) is 3. The highest BCUT2D eigenvalue weighted by molar-refractivity contribution is 8.00. The maximum absolute atomic E-state index is 13.5. The largest absolute Gasteiger partial charge is 0.474 e. The second kappa shape index (κ2) is 8.43. The summed E-state index contributed by atoms with van der Waals surface area (Å²) in [6.07, 6.45) is 11.6. The molecule has 1 aromatic rings. The summed E-state index contributed by atoms with van der Waals surface area (Å²) in [4.78, 5) is 26.1. The first-order chi connectivity index (χ1) is 16.3. The highest BCUT2D eigenvalue weighted by atomic mass is 32.2. The molecule has 186 valence electrons. The first-order valence-corrected chi connectivity index (χ1v) is 13.8. The zero-order valence-electron chi connectivity index (χ0n) is 19.6. The molecular weight excluding hydrogens is 454 g/mol. The maximum atomic E-state index is 13.5. The molecule has 1 aromatic heterocycles. The molecule has 0 aliphatic heterocycles. The monoisotopic (exact) mass is 489 g/mol. The van der Waals surface area contributed by atoms with Gasteiger partial charge in [0.05, 0.1) is 11.0 Å². The molecule has 0 saturated heterocycles. The number of rotatable bonds is 8. The molecule has 0 aromatic carbocycles. The predicted octanol–water partition coefficient (Wildman–Crippen LogP) is 3.41. The van der Waals surface area contributed by atoms with E-state index >= 15 is 0 Å². The molecule has 4 bridgehead atoms. The van der Waals surface area contributed by atoms with Crippen LogP contribution in [0, 0.1) is 23.2 Å². The number of hydrogen-bond acceptors (Lipinski definition) is 7. The Hall–Kier alpha value is -1.74. The molecule has 2 amide bonds. The van der Waals surface area contributed by atoms with E-state index in [9.17, 15) is 14.7 Å². The van der Waals surface area contributed by atoms with E-state index in [-0.39, 0.29) is 30.2 Å². The van der Waals surface area contributed by atoms with Crippen molar-refractivity contribution >= 4 is 23.6 Å². The Morgan fingerprint density at radius 1 is 1.15 bits per heavy atom. The van der Waals surface area contributed by atoms with Crippen LogP contribution in [0.4, 0.5) is 0 Å². The van der Waals surface area contributed by atoms with E-state index in [1.165, 1.54) is 12.8 Å². The van der Waals surface area contributed by atoms with Crippen LogP contribution in [0.15, 0.2) is 9.42 Å². The molecule has 1 heterocycles. The number of nitrogens with zero attached hydrogens (tertiary/aromatic N) is 1. The number of primary amides is 1. The van der Waals surface area contributed by atoms with Gasteiger partial charge < -0.3 is 25.4 Å². The van der Waals surface area contributed by atoms with Crippen LogP contribution in [0.1, 0.15) is 87.6 Å². The van der Waals surface area contributed by atoms with Gasteiger partial charge in [0.15, 0.2) is 0 Å². The van der Waals surface area contributed by atoms with E-state index in [1.807, 2.05) is 0 Å². The van der Waals surface area contributed by atoms with Gasteiger partial charge in [-0.05, 0) is 80.7 Å². The van der Waals surface area contributed by atoms with Gasteiger partial charge in [-0.2, -0.15) is 0 Å². The molecule has 6 saturated carbocycles. The molecular formula is C25H35N3O5S. The molecule has 6 aliphatic carbocycles. The number of carbonyl (C=O) groups is 2. The van der Waals surface area contributed by atoms with Crippen LogP contribution < -0.4 is 15.8 Å². The van der Waals surface area contributed by atoms with Gasteiger partial charge in [-0.25, -0.2) is 0 Å². The van der Waals surface area contributed by atoms with Crippen molar-refractivity contribution in [2.24, 2.45) is 28.9 Å². The minimum Gasteiger partial charge on any atom is -0.474 e. The number of ether oxygens (including phenoxy) is 1. The summed E-state index contributed by atoms with van der Waals surface area (Å²) in [7, 11) is 0. The number of amides is 2. The summed E-state index contributed by atoms with van der Waals surface area (Å²) in [5, 5.41) is 18.7. The summed E-state index contributed by atoms with van der Waals surface area (Å²) in [6, 6.07) is 0.0660. The lowest BCUT2D eigenvalue weighted by Gasteiger charge is -2.58. The molecule has 7 rings (SSSR count). The lowest BCUT2D eigenvalue weighted by Crippen LogP contribution is -2.61. The Balaban J connectivity index is 1.20. The topological polar surface area (TPSA) is 128 Å². The van der Waals surface area contributed by atoms with E-state index in [0.29, 0.717) is 33.8 Å². The van der Waals surface area contributed by atoms with Crippen molar-refractivity contribution in [3.63, 3.8) is 0 Å². The van der Waals surface area contributed by atoms with Crippen LogP contribution in [0.5, 0.6) is 5.88 Å². The third kappa shape index (κ3) is 3.92. The molecule has 2 unspecified atom stereocenters. The van der Waals surface area contributed by atoms with E-state index in [2.05, 4.69) is 10.5 Å². The maximum Gasteiger partial charge on any atom is 0.291 e. The third-order valence-corrected chi connectivity index (χ3v) is 10.7. The van der Waals surface area contributed by atoms with Gasteiger partial charge in [0.1, 0.15) is 11.5 Å². The lowest BCUT2D eigenvalue weighted by atomic mass is 9.52. The SMILES string of the molecule is NC(=O)C1(COc2noc(C(=O)N[C@H]3C4CC5CC3C[C@](O)(C5)C4)c2SC2CCCC2)CCC1. The highest BCUT2D eigenvalue weighted by Crippen LogP contribution is 2.55. The Morgan fingerprint density at radius 2 is 1.85 bits per heavy atom. The lowest BCUT2D eigenvalue weighted by molar-refractivity contribution is -0.137. The molecule has 9 heteroatoms. The van der Waals surface area contributed by atoms with Crippen LogP contribution in [0.2, 0.25) is 0 Å². The molecule has 6 fully saturated rings. The quantitative estimate of drug-likeness (QED) is 0.510. The van der Waals surface area contributed by atoms with Crippen LogP contribution >= 0.6 is 11.8 Å². The highest BCUT2D eigenvalue weighted by Gasteiger charge is 2.55. The number of nitrogens with two attached hydrogens (primary N) is 1. The number of nitrogens with one attached hydrogen (secondary N) is 1. The Kier molecular flexibility index (Phi) is 5.63. The van der Waals surface area contributed by atoms with Crippen molar-refractivity contribution in [3.8, 4) is 5.88 Å². The molecule has 4 N–H and O–H groups in total. The van der Waals surface area contributed by atoms with Crippen molar-refractivity contribution in [2.45, 2.75) is 98.8 Å². The summed E-state index contributed by atoms with van der Waals surface area (Å²) in [5.41, 5.74) is 4.46. The van der Waals surface area contributed by atoms with Gasteiger partial charge in [-0.1, -0.05) is 19.3 Å². The summed E-state index contributed by atoms with van der Waals surface area (Å²) in [6.45, 7) is 0.168. The van der Waals surface area contributed by atoms with Crippen LogP contribution in [-0.2, 0) is 4.79 Å². The second-order valence-corrected chi connectivity index (χ2v) is 13.0. The summed E-state index contributed by atoms with van der Waals surface area (Å²) < 4.78 is 11.6. The van der Waals surface area contributed by atoms with Crippen LogP contribution in [-0.4, -0.2) is 45.6 Å². The summed E-state index contributed by atoms with van der Waals surface area (Å²) >= 11 is 1.62. The van der Waals surface area contributed by atoms with Crippen molar-refractivity contribution in [2.75, 3.05) is 6.61 Å². The van der Waals surface area contributed by atoms with Gasteiger partial charge in [0, 0.05) is 11.3 Å². The van der Waals surface area contributed by atoms with E-state index in [4.69, 9.17) is 15.0 Å². The van der Waals surface area contributed by atoms with Crippen LogP contribution in [0.3, 0.4) is 0 Å². The van der Waals surface area contributed by atoms with Gasteiger partial charge in [-0.3, -0.25) is 9.59 Å². The Bertz CT molecular complexity index is 954. The smallest absolute Gasteiger partial charge is 0.291 e. The van der Waals surface area contributed by atoms with Crippen molar-refractivity contribution in [3.05, 3.63) is 5.76 Å². The number of thioether (sulfide) groups is 1. The fourth-order valence-electron chi connectivity index (χ4n) is 7.49. The van der Waals surface area contributed by atoms with Gasteiger partial charge in [0.2, 0.25) is 11.7 Å². The summed E-state index contributed by atoms with van der Waals surface area (Å²) in [5.74, 6) is 1.14. The van der Waals surface area contributed by atoms with E-state index in [1.54, 1.807) is 11.8 Å². The fraction of sp³-hybridized carbons (Fsp3) is 0.800.